The summed E-state index contributed by atoms with van der Waals surface area (Å²) in [6.07, 6.45) is 2.69. The molecule has 0 rings (SSSR count). The lowest BCUT2D eigenvalue weighted by Gasteiger charge is -2.19. The largest absolute Gasteiger partial charge is 0.319 e. The highest BCUT2D eigenvalue weighted by Gasteiger charge is 2.40. The molecule has 0 saturated carbocycles. The van der Waals surface area contributed by atoms with Crippen LogP contribution < -0.4 is 5.32 Å². The highest BCUT2D eigenvalue weighted by atomic mass is 19.3. The summed E-state index contributed by atoms with van der Waals surface area (Å²) in [6, 6.07) is -0.138. The molecule has 0 aromatic rings. The van der Waals surface area contributed by atoms with E-state index in [2.05, 4.69) is 12.2 Å². The molecule has 1 N–H and O–H groups in total. The lowest BCUT2D eigenvalue weighted by Crippen LogP contribution is -2.42. The molecule has 0 fully saturated rings. The van der Waals surface area contributed by atoms with Crippen LogP contribution in [0.4, 0.5) is 17.6 Å². The smallest absolute Gasteiger partial charge is 0.308 e. The second-order valence-electron chi connectivity index (χ2n) is 4.55. The van der Waals surface area contributed by atoms with Crippen LogP contribution in [0, 0.1) is 0 Å². The zero-order valence-corrected chi connectivity index (χ0v) is 10.6. The molecule has 5 heteroatoms. The maximum absolute atomic E-state index is 12.6. The summed E-state index contributed by atoms with van der Waals surface area (Å²) in [7, 11) is 0. The summed E-state index contributed by atoms with van der Waals surface area (Å²) < 4.78 is 48.9. The average molecular weight is 257 g/mol. The van der Waals surface area contributed by atoms with Crippen molar-refractivity contribution in [1.29, 1.82) is 0 Å². The van der Waals surface area contributed by atoms with E-state index in [1.165, 1.54) is 6.42 Å². The predicted octanol–water partition coefficient (Wildman–Crippen LogP) is 4.23. The second kappa shape index (κ2) is 8.72. The normalized spacial score (nSPS) is 14.3. The average Bonchev–Trinajstić information content (AvgIpc) is 2.26. The minimum atomic E-state index is -3.92. The van der Waals surface area contributed by atoms with Crippen molar-refractivity contribution in [3.8, 4) is 0 Å². The predicted molar refractivity (Wildman–Crippen MR) is 61.8 cm³/mol. The van der Waals surface area contributed by atoms with Gasteiger partial charge in [0, 0.05) is 6.04 Å². The number of unbranched alkanes of at least 4 members (excludes halogenated alkanes) is 4. The van der Waals surface area contributed by atoms with E-state index in [-0.39, 0.29) is 6.04 Å². The number of alkyl halides is 4. The van der Waals surface area contributed by atoms with Gasteiger partial charge in [0.2, 0.25) is 0 Å². The first kappa shape index (κ1) is 16.7. The van der Waals surface area contributed by atoms with Crippen molar-refractivity contribution in [3.63, 3.8) is 0 Å². The fraction of sp³-hybridized carbons (Fsp3) is 1.00. The van der Waals surface area contributed by atoms with E-state index in [1.807, 2.05) is 0 Å². The number of hydrogen-bond acceptors (Lipinski definition) is 1. The van der Waals surface area contributed by atoms with Crippen LogP contribution in [0.1, 0.15) is 52.4 Å². The molecule has 0 spiro atoms. The first-order valence-corrected chi connectivity index (χ1v) is 6.29. The Labute approximate surface area is 101 Å². The van der Waals surface area contributed by atoms with Crippen LogP contribution in [0.2, 0.25) is 0 Å². The number of halogens is 4. The molecule has 0 aromatic carbocycles. The molecule has 1 unspecified atom stereocenters. The molecule has 0 aliphatic rings. The molecule has 0 amide bonds. The van der Waals surface area contributed by atoms with Crippen LogP contribution >= 0.6 is 0 Å². The number of nitrogens with one attached hydrogen (secondary N) is 1. The maximum Gasteiger partial charge on any atom is 0.319 e. The molecule has 0 heterocycles. The molecule has 1 atom stereocenters. The summed E-state index contributed by atoms with van der Waals surface area (Å²) in [5, 5.41) is 2.47. The fourth-order valence-corrected chi connectivity index (χ4v) is 1.54. The first-order valence-electron chi connectivity index (χ1n) is 6.29. The molecule has 0 aromatic heterocycles. The van der Waals surface area contributed by atoms with Gasteiger partial charge in [-0.05, 0) is 13.3 Å². The highest BCUT2D eigenvalue weighted by molar-refractivity contribution is 4.74. The van der Waals surface area contributed by atoms with E-state index < -0.39 is 18.9 Å². The molecule has 104 valence electrons. The van der Waals surface area contributed by atoms with Gasteiger partial charge in [-0.1, -0.05) is 39.0 Å². The van der Waals surface area contributed by atoms with E-state index in [4.69, 9.17) is 0 Å². The van der Waals surface area contributed by atoms with Gasteiger partial charge >= 0.3 is 12.3 Å². The van der Waals surface area contributed by atoms with Gasteiger partial charge in [0.15, 0.2) is 0 Å². The first-order chi connectivity index (χ1) is 7.90. The lowest BCUT2D eigenvalue weighted by atomic mass is 10.1. The third-order valence-electron chi connectivity index (χ3n) is 2.75. The Morgan fingerprint density at radius 1 is 1.06 bits per heavy atom. The topological polar surface area (TPSA) is 12.0 Å². The molecule has 0 aliphatic carbocycles. The van der Waals surface area contributed by atoms with Gasteiger partial charge in [-0.15, -0.1) is 0 Å². The molecule has 0 bridgehead atoms. The van der Waals surface area contributed by atoms with Crippen LogP contribution in [0.5, 0.6) is 0 Å². The minimum Gasteiger partial charge on any atom is -0.308 e. The summed E-state index contributed by atoms with van der Waals surface area (Å²) in [5.41, 5.74) is 0. The Morgan fingerprint density at radius 3 is 2.18 bits per heavy atom. The molecular formula is C12H23F4N. The van der Waals surface area contributed by atoms with Crippen molar-refractivity contribution in [3.05, 3.63) is 0 Å². The van der Waals surface area contributed by atoms with Crippen molar-refractivity contribution in [1.82, 2.24) is 5.32 Å². The van der Waals surface area contributed by atoms with Crippen molar-refractivity contribution in [2.24, 2.45) is 0 Å². The molecule has 1 nitrogen and oxygen atoms in total. The second-order valence-corrected chi connectivity index (χ2v) is 4.55. The highest BCUT2D eigenvalue weighted by Crippen LogP contribution is 2.21. The number of rotatable bonds is 10. The van der Waals surface area contributed by atoms with Crippen molar-refractivity contribution < 1.29 is 17.6 Å². The van der Waals surface area contributed by atoms with Gasteiger partial charge in [-0.2, -0.15) is 8.78 Å². The van der Waals surface area contributed by atoms with Gasteiger partial charge in [-0.25, -0.2) is 8.78 Å². The van der Waals surface area contributed by atoms with Gasteiger partial charge in [0.25, 0.3) is 0 Å². The Hall–Kier alpha value is -0.320. The Kier molecular flexibility index (Phi) is 8.56. The summed E-state index contributed by atoms with van der Waals surface area (Å²) in [5.74, 6) is -3.92. The van der Waals surface area contributed by atoms with E-state index in [0.717, 1.165) is 32.1 Å². The van der Waals surface area contributed by atoms with E-state index in [9.17, 15) is 17.6 Å². The van der Waals surface area contributed by atoms with Crippen LogP contribution in [-0.4, -0.2) is 24.9 Å². The third kappa shape index (κ3) is 8.41. The Bertz CT molecular complexity index is 185. The van der Waals surface area contributed by atoms with Gasteiger partial charge < -0.3 is 5.32 Å². The fourth-order valence-electron chi connectivity index (χ4n) is 1.54. The van der Waals surface area contributed by atoms with Crippen LogP contribution in [0.3, 0.4) is 0 Å². The Morgan fingerprint density at radius 2 is 1.65 bits per heavy atom. The molecule has 0 saturated heterocycles. The number of hydrogen-bond donors (Lipinski definition) is 1. The molecular weight excluding hydrogens is 234 g/mol. The van der Waals surface area contributed by atoms with Crippen molar-refractivity contribution >= 4 is 0 Å². The molecule has 0 aliphatic heterocycles. The van der Waals surface area contributed by atoms with Gasteiger partial charge in [0.1, 0.15) is 0 Å². The zero-order chi connectivity index (χ0) is 13.3. The standard InChI is InChI=1S/C12H23F4N/c1-3-4-5-6-7-8-10(2)17-9-12(15,16)11(13)14/h10-11,17H,3-9H2,1-2H3. The van der Waals surface area contributed by atoms with E-state index >= 15 is 0 Å². The van der Waals surface area contributed by atoms with Crippen LogP contribution in [0.15, 0.2) is 0 Å². The monoisotopic (exact) mass is 257 g/mol. The molecule has 17 heavy (non-hydrogen) atoms. The van der Waals surface area contributed by atoms with Gasteiger partial charge in [0.05, 0.1) is 6.54 Å². The summed E-state index contributed by atoms with van der Waals surface area (Å²) >= 11 is 0. The maximum atomic E-state index is 12.6. The third-order valence-corrected chi connectivity index (χ3v) is 2.75. The summed E-state index contributed by atoms with van der Waals surface area (Å²) in [4.78, 5) is 0. The zero-order valence-electron chi connectivity index (χ0n) is 10.6. The quantitative estimate of drug-likeness (QED) is 0.456. The van der Waals surface area contributed by atoms with Crippen LogP contribution in [-0.2, 0) is 0 Å². The lowest BCUT2D eigenvalue weighted by molar-refractivity contribution is -0.126. The molecule has 0 radical (unpaired) electrons. The van der Waals surface area contributed by atoms with Crippen molar-refractivity contribution in [2.45, 2.75) is 70.8 Å². The van der Waals surface area contributed by atoms with Crippen molar-refractivity contribution in [2.75, 3.05) is 6.54 Å². The van der Waals surface area contributed by atoms with Gasteiger partial charge in [-0.3, -0.25) is 0 Å². The Balaban J connectivity index is 3.56. The SMILES string of the molecule is CCCCCCCC(C)NCC(F)(F)C(F)F. The van der Waals surface area contributed by atoms with E-state index in [1.54, 1.807) is 6.92 Å². The summed E-state index contributed by atoms with van der Waals surface area (Å²) in [6.45, 7) is 2.93. The van der Waals surface area contributed by atoms with Crippen LogP contribution in [0.25, 0.3) is 0 Å². The van der Waals surface area contributed by atoms with E-state index in [0.29, 0.717) is 0 Å². The minimum absolute atomic E-state index is 0.138.